The second-order valence-electron chi connectivity index (χ2n) is 4.43. The van der Waals surface area contributed by atoms with E-state index in [0.29, 0.717) is 13.0 Å². The highest BCUT2D eigenvalue weighted by atomic mass is 35.5. The van der Waals surface area contributed by atoms with Crippen molar-refractivity contribution >= 4 is 21.6 Å². The molecule has 0 radical (unpaired) electrons. The average molecular weight is 311 g/mol. The molecule has 2 rings (SSSR count). The summed E-state index contributed by atoms with van der Waals surface area (Å²) in [6.45, 7) is 2.32. The predicted octanol–water partition coefficient (Wildman–Crippen LogP) is 2.56. The Balaban J connectivity index is 2.02. The lowest BCUT2D eigenvalue weighted by atomic mass is 10.1. The summed E-state index contributed by atoms with van der Waals surface area (Å²) in [6.07, 6.45) is 2.08. The Morgan fingerprint density at radius 3 is 2.75 bits per heavy atom. The summed E-state index contributed by atoms with van der Waals surface area (Å²) in [5.41, 5.74) is 2.24. The molecule has 0 saturated carbocycles. The van der Waals surface area contributed by atoms with Crippen LogP contribution >= 0.6 is 11.6 Å². The maximum atomic E-state index is 12.1. The highest BCUT2D eigenvalue weighted by Gasteiger charge is 2.17. The summed E-state index contributed by atoms with van der Waals surface area (Å²) >= 11 is 5.80. The number of benzene rings is 1. The lowest BCUT2D eigenvalue weighted by Gasteiger charge is -2.08. The Morgan fingerprint density at radius 2 is 2.05 bits per heavy atom. The Morgan fingerprint density at radius 1 is 1.25 bits per heavy atom. The summed E-state index contributed by atoms with van der Waals surface area (Å²) in [5.74, 6) is 0. The molecule has 1 N–H and O–H groups in total. The molecule has 2 aromatic rings. The van der Waals surface area contributed by atoms with Crippen molar-refractivity contribution in [2.24, 2.45) is 0 Å². The van der Waals surface area contributed by atoms with Gasteiger partial charge in [0.2, 0.25) is 10.0 Å². The molecule has 0 amide bonds. The van der Waals surface area contributed by atoms with Crippen LogP contribution in [-0.4, -0.2) is 19.9 Å². The third kappa shape index (κ3) is 3.79. The van der Waals surface area contributed by atoms with Gasteiger partial charge in [-0.05, 0) is 31.0 Å². The Kier molecular flexibility index (Phi) is 4.75. The summed E-state index contributed by atoms with van der Waals surface area (Å²) in [4.78, 5) is 3.77. The number of nitrogens with one attached hydrogen (secondary N) is 1. The van der Waals surface area contributed by atoms with Gasteiger partial charge in [-0.3, -0.25) is 0 Å². The van der Waals surface area contributed by atoms with Crippen molar-refractivity contribution < 1.29 is 8.42 Å². The van der Waals surface area contributed by atoms with E-state index in [1.807, 2.05) is 31.2 Å². The van der Waals surface area contributed by atoms with Gasteiger partial charge in [0.25, 0.3) is 0 Å². The molecule has 0 unspecified atom stereocenters. The van der Waals surface area contributed by atoms with Gasteiger partial charge in [0.1, 0.15) is 10.0 Å². The molecule has 6 heteroatoms. The number of hydrogen-bond acceptors (Lipinski definition) is 3. The molecule has 1 heterocycles. The largest absolute Gasteiger partial charge is 0.243 e. The summed E-state index contributed by atoms with van der Waals surface area (Å²) in [7, 11) is -3.62. The fourth-order valence-corrected chi connectivity index (χ4v) is 3.33. The van der Waals surface area contributed by atoms with E-state index < -0.39 is 10.0 Å². The van der Waals surface area contributed by atoms with Crippen molar-refractivity contribution in [1.29, 1.82) is 0 Å². The molecular formula is C14H15ClN2O2S. The van der Waals surface area contributed by atoms with Crippen molar-refractivity contribution in [3.63, 3.8) is 0 Å². The van der Waals surface area contributed by atoms with Gasteiger partial charge < -0.3 is 0 Å². The minimum absolute atomic E-state index is 0.00547. The first kappa shape index (κ1) is 15.0. The van der Waals surface area contributed by atoms with E-state index in [9.17, 15) is 8.42 Å². The third-order valence-corrected chi connectivity index (χ3v) is 4.71. The molecule has 0 saturated heterocycles. The van der Waals surface area contributed by atoms with E-state index in [-0.39, 0.29) is 10.0 Å². The molecule has 20 heavy (non-hydrogen) atoms. The molecule has 0 fully saturated rings. The smallest absolute Gasteiger partial charge is 0.243 e. The van der Waals surface area contributed by atoms with Crippen LogP contribution in [-0.2, 0) is 16.4 Å². The van der Waals surface area contributed by atoms with Crippen molar-refractivity contribution in [2.45, 2.75) is 18.2 Å². The number of rotatable bonds is 5. The highest BCUT2D eigenvalue weighted by Crippen LogP contribution is 2.17. The normalized spacial score (nSPS) is 11.5. The Hall–Kier alpha value is -1.43. The first-order valence-corrected chi connectivity index (χ1v) is 8.01. The number of hydrogen-bond donors (Lipinski definition) is 1. The van der Waals surface area contributed by atoms with Crippen LogP contribution < -0.4 is 4.72 Å². The third-order valence-electron chi connectivity index (χ3n) is 2.80. The second-order valence-corrected chi connectivity index (χ2v) is 6.52. The van der Waals surface area contributed by atoms with Crippen LogP contribution in [0.15, 0.2) is 47.5 Å². The summed E-state index contributed by atoms with van der Waals surface area (Å²) in [5, 5.41) is -0.0180. The van der Waals surface area contributed by atoms with Gasteiger partial charge in [0, 0.05) is 12.7 Å². The Bertz CT molecular complexity index is 702. The van der Waals surface area contributed by atoms with Crippen molar-refractivity contribution in [2.75, 3.05) is 6.54 Å². The zero-order chi connectivity index (χ0) is 14.6. The number of pyridine rings is 1. The number of aromatic nitrogens is 1. The summed E-state index contributed by atoms with van der Waals surface area (Å²) < 4.78 is 26.7. The number of halogens is 1. The van der Waals surface area contributed by atoms with Crippen LogP contribution in [0.5, 0.6) is 0 Å². The van der Waals surface area contributed by atoms with Gasteiger partial charge in [-0.1, -0.05) is 41.4 Å². The van der Waals surface area contributed by atoms with Crippen molar-refractivity contribution in [3.8, 4) is 0 Å². The topological polar surface area (TPSA) is 59.1 Å². The van der Waals surface area contributed by atoms with Crippen LogP contribution in [0.1, 0.15) is 11.1 Å². The molecule has 0 aliphatic rings. The molecule has 0 aliphatic carbocycles. The quantitative estimate of drug-likeness (QED) is 0.863. The fraction of sp³-hybridized carbons (Fsp3) is 0.214. The zero-order valence-electron chi connectivity index (χ0n) is 11.0. The van der Waals surface area contributed by atoms with Gasteiger partial charge in [-0.15, -0.1) is 0 Å². The number of nitrogens with zero attached hydrogens (tertiary/aromatic N) is 1. The minimum Gasteiger partial charge on any atom is -0.243 e. The van der Waals surface area contributed by atoms with Crippen LogP contribution in [0.3, 0.4) is 0 Å². The van der Waals surface area contributed by atoms with Crippen LogP contribution in [0, 0.1) is 6.92 Å². The molecule has 106 valence electrons. The van der Waals surface area contributed by atoms with Crippen molar-refractivity contribution in [1.82, 2.24) is 9.71 Å². The first-order chi connectivity index (χ1) is 9.49. The van der Waals surface area contributed by atoms with E-state index >= 15 is 0 Å². The molecule has 0 atom stereocenters. The number of sulfonamides is 1. The fourth-order valence-electron chi connectivity index (χ4n) is 1.85. The van der Waals surface area contributed by atoms with E-state index in [0.717, 1.165) is 11.1 Å². The maximum Gasteiger partial charge on any atom is 0.243 e. The van der Waals surface area contributed by atoms with E-state index in [1.54, 1.807) is 6.07 Å². The minimum atomic E-state index is -3.62. The SMILES string of the molecule is Cc1cccc(CCNS(=O)(=O)c2cccnc2Cl)c1. The lowest BCUT2D eigenvalue weighted by Crippen LogP contribution is -2.26. The molecule has 0 aliphatic heterocycles. The molecule has 0 spiro atoms. The number of aryl methyl sites for hydroxylation is 1. The first-order valence-electron chi connectivity index (χ1n) is 6.15. The van der Waals surface area contributed by atoms with Crippen LogP contribution in [0.25, 0.3) is 0 Å². The monoisotopic (exact) mass is 310 g/mol. The Labute approximate surface area is 123 Å². The average Bonchev–Trinajstić information content (AvgIpc) is 2.39. The van der Waals surface area contributed by atoms with Gasteiger partial charge in [0.05, 0.1) is 0 Å². The van der Waals surface area contributed by atoms with Gasteiger partial charge >= 0.3 is 0 Å². The van der Waals surface area contributed by atoms with E-state index in [4.69, 9.17) is 11.6 Å². The molecular weight excluding hydrogens is 296 g/mol. The molecule has 1 aromatic heterocycles. The van der Waals surface area contributed by atoms with Crippen LogP contribution in [0.4, 0.5) is 0 Å². The van der Waals surface area contributed by atoms with Gasteiger partial charge in [-0.2, -0.15) is 0 Å². The zero-order valence-corrected chi connectivity index (χ0v) is 12.6. The molecule has 0 bridgehead atoms. The summed E-state index contributed by atoms with van der Waals surface area (Å²) in [6, 6.07) is 10.9. The molecule has 1 aromatic carbocycles. The predicted molar refractivity (Wildman–Crippen MR) is 79.3 cm³/mol. The van der Waals surface area contributed by atoms with E-state index in [2.05, 4.69) is 9.71 Å². The standard InChI is InChI=1S/C14H15ClN2O2S/c1-11-4-2-5-12(10-11)7-9-17-20(18,19)13-6-3-8-16-14(13)15/h2-6,8,10,17H,7,9H2,1H3. The lowest BCUT2D eigenvalue weighted by molar-refractivity contribution is 0.581. The van der Waals surface area contributed by atoms with Gasteiger partial charge in [0.15, 0.2) is 0 Å². The maximum absolute atomic E-state index is 12.1. The molecule has 4 nitrogen and oxygen atoms in total. The van der Waals surface area contributed by atoms with Crippen LogP contribution in [0.2, 0.25) is 5.15 Å². The highest BCUT2D eigenvalue weighted by molar-refractivity contribution is 7.89. The van der Waals surface area contributed by atoms with E-state index in [1.165, 1.54) is 12.3 Å². The van der Waals surface area contributed by atoms with Gasteiger partial charge in [-0.25, -0.2) is 18.1 Å². The second kappa shape index (κ2) is 6.35. The van der Waals surface area contributed by atoms with Crippen molar-refractivity contribution in [3.05, 3.63) is 58.9 Å².